The van der Waals surface area contributed by atoms with E-state index in [9.17, 15) is 14.7 Å². The number of nitrogens with zero attached hydrogens (tertiary/aromatic N) is 1. The van der Waals surface area contributed by atoms with Gasteiger partial charge in [-0.3, -0.25) is 4.79 Å². The van der Waals surface area contributed by atoms with E-state index < -0.39 is 18.1 Å². The fourth-order valence-corrected chi connectivity index (χ4v) is 2.31. The number of carbonyl (C=O) groups is 2. The highest BCUT2D eigenvalue weighted by Crippen LogP contribution is 2.10. The van der Waals surface area contributed by atoms with Crippen LogP contribution in [-0.4, -0.2) is 47.1 Å². The van der Waals surface area contributed by atoms with Crippen LogP contribution in [0.2, 0.25) is 0 Å². The fraction of sp³-hybridized carbons (Fsp3) is 0.529. The minimum absolute atomic E-state index is 0.325. The van der Waals surface area contributed by atoms with Crippen molar-refractivity contribution in [1.29, 1.82) is 0 Å². The molecule has 1 rings (SSSR count). The molecule has 0 bridgehead atoms. The Morgan fingerprint density at radius 3 is 2.39 bits per heavy atom. The lowest BCUT2D eigenvalue weighted by Crippen LogP contribution is -2.51. The van der Waals surface area contributed by atoms with Crippen molar-refractivity contribution in [3.8, 4) is 0 Å². The maximum Gasteiger partial charge on any atom is 0.326 e. The predicted molar refractivity (Wildman–Crippen MR) is 90.0 cm³/mol. The van der Waals surface area contributed by atoms with Crippen molar-refractivity contribution in [3.05, 3.63) is 35.4 Å². The van der Waals surface area contributed by atoms with E-state index in [-0.39, 0.29) is 5.91 Å². The lowest BCUT2D eigenvalue weighted by molar-refractivity contribution is -0.150. The summed E-state index contributed by atoms with van der Waals surface area (Å²) in [5, 5.41) is 9.24. The number of carboxylic acid groups (broad SMARTS) is 1. The van der Waals surface area contributed by atoms with E-state index in [1.807, 2.05) is 31.2 Å². The van der Waals surface area contributed by atoms with Crippen LogP contribution >= 0.6 is 0 Å². The Hall–Kier alpha value is -1.92. The molecule has 0 aliphatic rings. The molecule has 1 amide bonds. The summed E-state index contributed by atoms with van der Waals surface area (Å²) in [7, 11) is 0. The predicted octanol–water partition coefficient (Wildman–Crippen LogP) is 0.905. The summed E-state index contributed by atoms with van der Waals surface area (Å²) in [6, 6.07) is 6.34. The average Bonchev–Trinajstić information content (AvgIpc) is 2.53. The molecule has 0 spiro atoms. The van der Waals surface area contributed by atoms with Crippen molar-refractivity contribution in [3.63, 3.8) is 0 Å². The van der Waals surface area contributed by atoms with Crippen molar-refractivity contribution < 1.29 is 14.7 Å². The Kier molecular flexibility index (Phi) is 7.71. The lowest BCUT2D eigenvalue weighted by atomic mass is 10.1. The lowest BCUT2D eigenvalue weighted by Gasteiger charge is -2.29. The maximum atomic E-state index is 12.5. The van der Waals surface area contributed by atoms with Gasteiger partial charge in [0.2, 0.25) is 5.91 Å². The quantitative estimate of drug-likeness (QED) is 0.626. The number of carboxylic acids is 1. The zero-order valence-electron chi connectivity index (χ0n) is 13.9. The second-order valence-electron chi connectivity index (χ2n) is 5.82. The van der Waals surface area contributed by atoms with Crippen molar-refractivity contribution in [2.45, 2.75) is 45.2 Å². The molecule has 5 N–H and O–H groups in total. The Labute approximate surface area is 137 Å². The standard InChI is InChI=1S/C17H27N3O3/c1-12-5-7-14(8-6-12)9-11-20(13(2)17(22)23)16(21)15(19)4-3-10-18/h5-8,13,15H,3-4,9-11,18-19H2,1-2H3,(H,22,23)/t13-,15+/m0/s1. The van der Waals surface area contributed by atoms with Gasteiger partial charge in [-0.05, 0) is 45.2 Å². The molecule has 6 nitrogen and oxygen atoms in total. The highest BCUT2D eigenvalue weighted by Gasteiger charge is 2.28. The number of rotatable bonds is 9. The van der Waals surface area contributed by atoms with Gasteiger partial charge in [0.1, 0.15) is 6.04 Å². The number of hydrogen-bond acceptors (Lipinski definition) is 4. The van der Waals surface area contributed by atoms with Gasteiger partial charge < -0.3 is 21.5 Å². The summed E-state index contributed by atoms with van der Waals surface area (Å²) in [5.41, 5.74) is 13.5. The van der Waals surface area contributed by atoms with Gasteiger partial charge in [0, 0.05) is 6.54 Å². The van der Waals surface area contributed by atoms with Crippen LogP contribution in [0.15, 0.2) is 24.3 Å². The molecule has 1 aromatic rings. The van der Waals surface area contributed by atoms with Gasteiger partial charge in [-0.2, -0.15) is 0 Å². The highest BCUT2D eigenvalue weighted by molar-refractivity contribution is 5.86. The Bertz CT molecular complexity index is 516. The van der Waals surface area contributed by atoms with Crippen LogP contribution in [0.4, 0.5) is 0 Å². The fourth-order valence-electron chi connectivity index (χ4n) is 2.31. The van der Waals surface area contributed by atoms with Crippen molar-refractivity contribution >= 4 is 11.9 Å². The molecule has 0 aliphatic carbocycles. The third-order valence-corrected chi connectivity index (χ3v) is 3.91. The van der Waals surface area contributed by atoms with E-state index in [0.29, 0.717) is 32.4 Å². The number of hydrogen-bond donors (Lipinski definition) is 3. The van der Waals surface area contributed by atoms with Gasteiger partial charge in [-0.25, -0.2) is 4.79 Å². The SMILES string of the molecule is Cc1ccc(CCN(C(=O)[C@H](N)CCCN)[C@@H](C)C(=O)O)cc1. The van der Waals surface area contributed by atoms with Gasteiger partial charge in [0.05, 0.1) is 6.04 Å². The molecule has 0 saturated heterocycles. The summed E-state index contributed by atoms with van der Waals surface area (Å²) in [6.07, 6.45) is 1.69. The zero-order chi connectivity index (χ0) is 17.4. The summed E-state index contributed by atoms with van der Waals surface area (Å²) in [5.74, 6) is -1.37. The Morgan fingerprint density at radius 1 is 1.26 bits per heavy atom. The topological polar surface area (TPSA) is 110 Å². The van der Waals surface area contributed by atoms with Crippen LogP contribution in [0.5, 0.6) is 0 Å². The zero-order valence-corrected chi connectivity index (χ0v) is 13.9. The first-order valence-corrected chi connectivity index (χ1v) is 7.91. The number of benzene rings is 1. The van der Waals surface area contributed by atoms with Crippen molar-refractivity contribution in [1.82, 2.24) is 4.90 Å². The monoisotopic (exact) mass is 321 g/mol. The summed E-state index contributed by atoms with van der Waals surface area (Å²) in [6.45, 7) is 4.29. The van der Waals surface area contributed by atoms with Crippen LogP contribution in [-0.2, 0) is 16.0 Å². The van der Waals surface area contributed by atoms with Crippen molar-refractivity contribution in [2.75, 3.05) is 13.1 Å². The summed E-state index contributed by atoms with van der Waals surface area (Å²) >= 11 is 0. The van der Waals surface area contributed by atoms with E-state index in [1.165, 1.54) is 11.8 Å². The number of nitrogens with two attached hydrogens (primary N) is 2. The molecule has 0 aliphatic heterocycles. The van der Waals surface area contributed by atoms with Gasteiger partial charge >= 0.3 is 5.97 Å². The van der Waals surface area contributed by atoms with Gasteiger partial charge in [-0.1, -0.05) is 29.8 Å². The van der Waals surface area contributed by atoms with Crippen LogP contribution in [0.25, 0.3) is 0 Å². The number of amides is 1. The van der Waals surface area contributed by atoms with Crippen LogP contribution < -0.4 is 11.5 Å². The molecular formula is C17H27N3O3. The van der Waals surface area contributed by atoms with Crippen molar-refractivity contribution in [2.24, 2.45) is 11.5 Å². The molecule has 0 unspecified atom stereocenters. The van der Waals surface area contributed by atoms with Gasteiger partial charge in [0.25, 0.3) is 0 Å². The largest absolute Gasteiger partial charge is 0.480 e. The Balaban J connectivity index is 2.77. The van der Waals surface area contributed by atoms with E-state index in [2.05, 4.69) is 0 Å². The molecule has 128 valence electrons. The molecule has 0 radical (unpaired) electrons. The average molecular weight is 321 g/mol. The third kappa shape index (κ3) is 6.00. The molecule has 6 heteroatoms. The Morgan fingerprint density at radius 2 is 1.87 bits per heavy atom. The second kappa shape index (κ2) is 9.27. The second-order valence-corrected chi connectivity index (χ2v) is 5.82. The molecular weight excluding hydrogens is 294 g/mol. The smallest absolute Gasteiger partial charge is 0.326 e. The first-order valence-electron chi connectivity index (χ1n) is 7.91. The molecule has 23 heavy (non-hydrogen) atoms. The van der Waals surface area contributed by atoms with E-state index in [1.54, 1.807) is 0 Å². The molecule has 1 aromatic carbocycles. The molecule has 0 aromatic heterocycles. The number of aliphatic carboxylic acids is 1. The van der Waals surface area contributed by atoms with Gasteiger partial charge in [-0.15, -0.1) is 0 Å². The number of carbonyl (C=O) groups excluding carboxylic acids is 1. The first-order chi connectivity index (χ1) is 10.9. The normalized spacial score (nSPS) is 13.4. The minimum atomic E-state index is -1.03. The minimum Gasteiger partial charge on any atom is -0.480 e. The van der Waals surface area contributed by atoms with E-state index >= 15 is 0 Å². The van der Waals surface area contributed by atoms with E-state index in [0.717, 1.165) is 11.1 Å². The van der Waals surface area contributed by atoms with Crippen LogP contribution in [0.3, 0.4) is 0 Å². The summed E-state index contributed by atoms with van der Waals surface area (Å²) in [4.78, 5) is 25.1. The molecule has 0 heterocycles. The molecule has 2 atom stereocenters. The molecule has 0 fully saturated rings. The molecule has 0 saturated carbocycles. The van der Waals surface area contributed by atoms with E-state index in [4.69, 9.17) is 11.5 Å². The highest BCUT2D eigenvalue weighted by atomic mass is 16.4. The van der Waals surface area contributed by atoms with Gasteiger partial charge in [0.15, 0.2) is 0 Å². The van der Waals surface area contributed by atoms with Crippen LogP contribution in [0, 0.1) is 6.92 Å². The van der Waals surface area contributed by atoms with Crippen LogP contribution in [0.1, 0.15) is 30.9 Å². The third-order valence-electron chi connectivity index (χ3n) is 3.91. The maximum absolute atomic E-state index is 12.5. The number of aryl methyl sites for hydroxylation is 1. The summed E-state index contributed by atoms with van der Waals surface area (Å²) < 4.78 is 0. The first kappa shape index (κ1) is 19.1.